The molecule has 31 heavy (non-hydrogen) atoms. The Labute approximate surface area is 181 Å². The topological polar surface area (TPSA) is 103 Å². The molecule has 1 aromatic heterocycles. The quantitative estimate of drug-likeness (QED) is 0.447. The molecule has 2 aliphatic heterocycles. The summed E-state index contributed by atoms with van der Waals surface area (Å²) in [5, 5.41) is 12.0. The second-order valence-corrected chi connectivity index (χ2v) is 8.10. The largest absolute Gasteiger partial charge is 0.450 e. The molecule has 2 atom stereocenters. The number of nitrogens with zero attached hydrogens (tertiary/aromatic N) is 2. The van der Waals surface area contributed by atoms with Gasteiger partial charge in [0.15, 0.2) is 5.43 Å². The summed E-state index contributed by atoms with van der Waals surface area (Å²) in [5.74, 6) is -0.481. The molecule has 2 aromatic carbocycles. The first-order valence-corrected chi connectivity index (χ1v) is 10.2. The average molecular weight is 441 g/mol. The molecular weight excluding hydrogens is 424 g/mol. The van der Waals surface area contributed by atoms with Crippen LogP contribution in [0.15, 0.2) is 51.7 Å². The third kappa shape index (κ3) is 3.28. The van der Waals surface area contributed by atoms with Crippen LogP contribution in [0.5, 0.6) is 0 Å². The number of rotatable bonds is 4. The van der Waals surface area contributed by atoms with E-state index >= 15 is 0 Å². The minimum atomic E-state index is -0.814. The Bertz CT molecular complexity index is 1280. The molecule has 0 unspecified atom stereocenters. The molecule has 9 heteroatoms. The predicted octanol–water partition coefficient (Wildman–Crippen LogP) is 4.08. The number of fused-ring (bicyclic) bond motifs is 2. The van der Waals surface area contributed by atoms with Crippen molar-refractivity contribution in [3.63, 3.8) is 0 Å². The first kappa shape index (κ1) is 19.7. The van der Waals surface area contributed by atoms with Crippen molar-refractivity contribution in [3.05, 3.63) is 84.7 Å². The van der Waals surface area contributed by atoms with E-state index in [1.165, 1.54) is 23.1 Å². The number of halogens is 1. The van der Waals surface area contributed by atoms with E-state index in [0.717, 1.165) is 12.8 Å². The monoisotopic (exact) mass is 440 g/mol. The van der Waals surface area contributed by atoms with Crippen molar-refractivity contribution in [2.45, 2.75) is 25.0 Å². The fraction of sp³-hybridized carbons (Fsp3) is 0.273. The SMILES string of the molecule is O=C1c2oc3ccc(Cl)cc3c(=O)c2[C@@H](c2cccc([N+](=O)[O-])c2)N1C[C@H]1CCCO1. The summed E-state index contributed by atoms with van der Waals surface area (Å²) in [6.07, 6.45) is 1.51. The van der Waals surface area contributed by atoms with Crippen LogP contribution < -0.4 is 5.43 Å². The number of nitro groups is 1. The number of carbonyl (C=O) groups excluding carboxylic acids is 1. The number of hydrogen-bond acceptors (Lipinski definition) is 6. The molecule has 0 aliphatic carbocycles. The van der Waals surface area contributed by atoms with Gasteiger partial charge in [-0.1, -0.05) is 23.7 Å². The van der Waals surface area contributed by atoms with Gasteiger partial charge in [-0.05, 0) is 36.6 Å². The fourth-order valence-corrected chi connectivity index (χ4v) is 4.52. The summed E-state index contributed by atoms with van der Waals surface area (Å²) in [6.45, 7) is 0.869. The first-order chi connectivity index (χ1) is 14.9. The van der Waals surface area contributed by atoms with Crippen LogP contribution in [-0.4, -0.2) is 35.0 Å². The lowest BCUT2D eigenvalue weighted by atomic mass is 9.98. The molecular formula is C22H17ClN2O6. The molecule has 0 N–H and O–H groups in total. The molecule has 5 rings (SSSR count). The Morgan fingerprint density at radius 1 is 1.19 bits per heavy atom. The highest BCUT2D eigenvalue weighted by atomic mass is 35.5. The van der Waals surface area contributed by atoms with Crippen molar-refractivity contribution < 1.29 is 18.9 Å². The standard InChI is InChI=1S/C22H17ClN2O6/c23-13-6-7-17-16(10-13)20(26)18-19(12-3-1-4-14(9-12)25(28)29)24(22(27)21(18)31-17)11-15-5-2-8-30-15/h1,3-4,6-7,9-10,15,19H,2,5,8,11H2/t15-,19-/m1/s1. The van der Waals surface area contributed by atoms with Crippen molar-refractivity contribution in [2.24, 2.45) is 0 Å². The summed E-state index contributed by atoms with van der Waals surface area (Å²) in [7, 11) is 0. The third-order valence-corrected chi connectivity index (χ3v) is 5.98. The maximum Gasteiger partial charge on any atom is 0.291 e. The lowest BCUT2D eigenvalue weighted by Gasteiger charge is -2.27. The van der Waals surface area contributed by atoms with E-state index < -0.39 is 16.9 Å². The highest BCUT2D eigenvalue weighted by Crippen LogP contribution is 2.39. The van der Waals surface area contributed by atoms with E-state index in [-0.39, 0.29) is 46.1 Å². The molecule has 1 saturated heterocycles. The van der Waals surface area contributed by atoms with Crippen molar-refractivity contribution >= 4 is 34.2 Å². The Morgan fingerprint density at radius 2 is 2.03 bits per heavy atom. The van der Waals surface area contributed by atoms with E-state index in [1.807, 2.05) is 0 Å². The van der Waals surface area contributed by atoms with Crippen LogP contribution in [0.3, 0.4) is 0 Å². The molecule has 0 bridgehead atoms. The minimum absolute atomic E-state index is 0.0469. The van der Waals surface area contributed by atoms with Gasteiger partial charge in [0.05, 0.1) is 28.0 Å². The van der Waals surface area contributed by atoms with Crippen LogP contribution in [0.2, 0.25) is 5.02 Å². The average Bonchev–Trinajstić information content (AvgIpc) is 3.36. The fourth-order valence-electron chi connectivity index (χ4n) is 4.34. The van der Waals surface area contributed by atoms with Gasteiger partial charge in [-0.3, -0.25) is 19.7 Å². The Kier molecular flexibility index (Phi) is 4.75. The van der Waals surface area contributed by atoms with E-state index in [9.17, 15) is 19.7 Å². The van der Waals surface area contributed by atoms with Crippen LogP contribution in [0.1, 0.15) is 40.6 Å². The van der Waals surface area contributed by atoms with Crippen molar-refractivity contribution in [2.75, 3.05) is 13.2 Å². The Hall–Kier alpha value is -3.23. The summed E-state index contributed by atoms with van der Waals surface area (Å²) in [4.78, 5) is 39.1. The van der Waals surface area contributed by atoms with Gasteiger partial charge >= 0.3 is 0 Å². The normalized spacial score (nSPS) is 20.4. The van der Waals surface area contributed by atoms with Crippen LogP contribution in [0, 0.1) is 10.1 Å². The number of benzene rings is 2. The van der Waals surface area contributed by atoms with Crippen molar-refractivity contribution in [3.8, 4) is 0 Å². The molecule has 3 heterocycles. The third-order valence-electron chi connectivity index (χ3n) is 5.75. The van der Waals surface area contributed by atoms with Crippen LogP contribution in [0.25, 0.3) is 11.0 Å². The van der Waals surface area contributed by atoms with Gasteiger partial charge in [-0.25, -0.2) is 0 Å². The zero-order valence-electron chi connectivity index (χ0n) is 16.2. The Balaban J connectivity index is 1.72. The van der Waals surface area contributed by atoms with Gasteiger partial charge in [0.25, 0.3) is 11.6 Å². The van der Waals surface area contributed by atoms with Crippen LogP contribution in [-0.2, 0) is 4.74 Å². The molecule has 158 valence electrons. The lowest BCUT2D eigenvalue weighted by Crippen LogP contribution is -2.36. The maximum absolute atomic E-state index is 13.4. The van der Waals surface area contributed by atoms with Crippen LogP contribution in [0.4, 0.5) is 5.69 Å². The van der Waals surface area contributed by atoms with E-state index in [1.54, 1.807) is 24.3 Å². The Morgan fingerprint density at radius 3 is 2.77 bits per heavy atom. The van der Waals surface area contributed by atoms with E-state index in [2.05, 4.69) is 0 Å². The summed E-state index contributed by atoms with van der Waals surface area (Å²) >= 11 is 6.07. The minimum Gasteiger partial charge on any atom is -0.450 e. The van der Waals surface area contributed by atoms with Crippen molar-refractivity contribution in [1.82, 2.24) is 4.90 Å². The summed E-state index contributed by atoms with van der Waals surface area (Å²) in [5.41, 5.74) is 0.395. The van der Waals surface area contributed by atoms with Gasteiger partial charge in [-0.15, -0.1) is 0 Å². The zero-order chi connectivity index (χ0) is 21.7. The molecule has 8 nitrogen and oxygen atoms in total. The lowest BCUT2D eigenvalue weighted by molar-refractivity contribution is -0.384. The number of amides is 1. The van der Waals surface area contributed by atoms with Gasteiger partial charge in [-0.2, -0.15) is 0 Å². The number of hydrogen-bond donors (Lipinski definition) is 0. The van der Waals surface area contributed by atoms with Gasteiger partial charge in [0.2, 0.25) is 5.76 Å². The molecule has 3 aromatic rings. The summed E-state index contributed by atoms with van der Waals surface area (Å²) in [6, 6.07) is 9.79. The molecule has 1 amide bonds. The molecule has 1 fully saturated rings. The smallest absolute Gasteiger partial charge is 0.291 e. The molecule has 0 saturated carbocycles. The molecule has 0 spiro atoms. The maximum atomic E-state index is 13.4. The number of carbonyl (C=O) groups is 1. The predicted molar refractivity (Wildman–Crippen MR) is 112 cm³/mol. The summed E-state index contributed by atoms with van der Waals surface area (Å²) < 4.78 is 11.6. The highest BCUT2D eigenvalue weighted by Gasteiger charge is 2.44. The van der Waals surface area contributed by atoms with Gasteiger partial charge in [0, 0.05) is 30.3 Å². The van der Waals surface area contributed by atoms with Gasteiger partial charge in [0.1, 0.15) is 5.58 Å². The molecule has 0 radical (unpaired) electrons. The van der Waals surface area contributed by atoms with Crippen LogP contribution >= 0.6 is 11.6 Å². The second-order valence-electron chi connectivity index (χ2n) is 7.66. The van der Waals surface area contributed by atoms with Crippen molar-refractivity contribution in [1.29, 1.82) is 0 Å². The van der Waals surface area contributed by atoms with Gasteiger partial charge < -0.3 is 14.1 Å². The first-order valence-electron chi connectivity index (χ1n) is 9.87. The second kappa shape index (κ2) is 7.47. The highest BCUT2D eigenvalue weighted by molar-refractivity contribution is 6.31. The zero-order valence-corrected chi connectivity index (χ0v) is 17.0. The van der Waals surface area contributed by atoms with E-state index in [0.29, 0.717) is 17.2 Å². The number of ether oxygens (including phenoxy) is 1. The van der Waals surface area contributed by atoms with E-state index in [4.69, 9.17) is 20.8 Å². The number of non-ortho nitro benzene ring substituents is 1. The molecule has 2 aliphatic rings. The number of nitro benzene ring substituents is 1.